The highest BCUT2D eigenvalue weighted by molar-refractivity contribution is 5.94. The predicted molar refractivity (Wildman–Crippen MR) is 73.9 cm³/mol. The van der Waals surface area contributed by atoms with Crippen LogP contribution in [0.5, 0.6) is 0 Å². The molecule has 1 aromatic rings. The first-order chi connectivity index (χ1) is 9.08. The molecule has 4 nitrogen and oxygen atoms in total. The Morgan fingerprint density at radius 3 is 2.74 bits per heavy atom. The maximum Gasteiger partial charge on any atom is 0.240 e. The number of nitrogens with zero attached hydrogens (tertiary/aromatic N) is 2. The lowest BCUT2D eigenvalue weighted by molar-refractivity contribution is -0.119. The number of piperazine rings is 1. The van der Waals surface area contributed by atoms with E-state index in [1.165, 1.54) is 6.07 Å². The smallest absolute Gasteiger partial charge is 0.240 e. The lowest BCUT2D eigenvalue weighted by Gasteiger charge is -2.28. The Kier molecular flexibility index (Phi) is 4.50. The number of carbonyl (C=O) groups excluding carboxylic acids is 1. The molecule has 0 saturated carbocycles. The van der Waals surface area contributed by atoms with Crippen molar-refractivity contribution in [3.8, 4) is 0 Å². The van der Waals surface area contributed by atoms with E-state index in [4.69, 9.17) is 0 Å². The molecule has 1 N–H and O–H groups in total. The molecule has 1 aromatic carbocycles. The zero-order valence-corrected chi connectivity index (χ0v) is 11.4. The van der Waals surface area contributed by atoms with E-state index in [0.29, 0.717) is 12.1 Å². The number of nitrogens with one attached hydrogen (secondary N) is 1. The van der Waals surface area contributed by atoms with Gasteiger partial charge < -0.3 is 10.2 Å². The molecule has 5 heteroatoms. The molecule has 0 spiro atoms. The van der Waals surface area contributed by atoms with Gasteiger partial charge in [0.2, 0.25) is 5.91 Å². The van der Waals surface area contributed by atoms with E-state index >= 15 is 0 Å². The first-order valence-electron chi connectivity index (χ1n) is 6.53. The number of aryl methyl sites for hydroxylation is 1. The maximum absolute atomic E-state index is 13.2. The minimum Gasteiger partial charge on any atom is -0.314 e. The van der Waals surface area contributed by atoms with Gasteiger partial charge in [0.05, 0.1) is 6.54 Å². The van der Waals surface area contributed by atoms with Gasteiger partial charge in [0.15, 0.2) is 0 Å². The lowest BCUT2D eigenvalue weighted by Crippen LogP contribution is -2.47. The molecule has 0 unspecified atom stereocenters. The summed E-state index contributed by atoms with van der Waals surface area (Å²) in [5.74, 6) is -0.209. The second kappa shape index (κ2) is 6.12. The Labute approximate surface area is 113 Å². The van der Waals surface area contributed by atoms with Crippen molar-refractivity contribution in [3.63, 3.8) is 0 Å². The highest BCUT2D eigenvalue weighted by atomic mass is 19.1. The predicted octanol–water partition coefficient (Wildman–Crippen LogP) is 1.00. The van der Waals surface area contributed by atoms with Crippen LogP contribution in [0.2, 0.25) is 0 Å². The van der Waals surface area contributed by atoms with E-state index in [1.807, 2.05) is 0 Å². The number of hydrogen-bond acceptors (Lipinski definition) is 3. The van der Waals surface area contributed by atoms with E-state index in [-0.39, 0.29) is 11.7 Å². The van der Waals surface area contributed by atoms with Crippen LogP contribution in [0.1, 0.15) is 5.56 Å². The Morgan fingerprint density at radius 1 is 1.42 bits per heavy atom. The van der Waals surface area contributed by atoms with Crippen LogP contribution >= 0.6 is 0 Å². The van der Waals surface area contributed by atoms with Crippen molar-refractivity contribution in [1.82, 2.24) is 10.2 Å². The average molecular weight is 265 g/mol. The number of rotatable bonds is 3. The molecule has 0 bridgehead atoms. The van der Waals surface area contributed by atoms with Crippen molar-refractivity contribution in [2.45, 2.75) is 6.92 Å². The fraction of sp³-hybridized carbons (Fsp3) is 0.500. The summed E-state index contributed by atoms with van der Waals surface area (Å²) < 4.78 is 13.2. The normalized spacial score (nSPS) is 16.4. The molecule has 1 heterocycles. The minimum atomic E-state index is -0.244. The van der Waals surface area contributed by atoms with Crippen molar-refractivity contribution in [2.24, 2.45) is 0 Å². The molecule has 1 saturated heterocycles. The standard InChI is InChI=1S/C14H20FN3O/c1-11-9-12(3-4-13(11)15)17(2)14(19)10-18-7-5-16-6-8-18/h3-4,9,16H,5-8,10H2,1-2H3. The van der Waals surface area contributed by atoms with Gasteiger partial charge >= 0.3 is 0 Å². The van der Waals surface area contributed by atoms with Crippen molar-refractivity contribution < 1.29 is 9.18 Å². The molecule has 104 valence electrons. The minimum absolute atomic E-state index is 0.0351. The van der Waals surface area contributed by atoms with Gasteiger partial charge in [-0.15, -0.1) is 0 Å². The molecule has 0 aliphatic carbocycles. The molecule has 1 fully saturated rings. The fourth-order valence-corrected chi connectivity index (χ4v) is 2.15. The Hall–Kier alpha value is -1.46. The van der Waals surface area contributed by atoms with Crippen LogP contribution in [-0.4, -0.2) is 50.6 Å². The van der Waals surface area contributed by atoms with E-state index in [2.05, 4.69) is 10.2 Å². The molecule has 19 heavy (non-hydrogen) atoms. The Balaban J connectivity index is 1.99. The maximum atomic E-state index is 13.2. The van der Waals surface area contributed by atoms with Crippen LogP contribution in [0.4, 0.5) is 10.1 Å². The second-order valence-corrected chi connectivity index (χ2v) is 4.91. The number of hydrogen-bond donors (Lipinski definition) is 1. The zero-order valence-electron chi connectivity index (χ0n) is 11.4. The number of likely N-dealkylation sites (N-methyl/N-ethyl adjacent to an activating group) is 1. The third kappa shape index (κ3) is 3.52. The molecular weight excluding hydrogens is 245 g/mol. The zero-order chi connectivity index (χ0) is 13.8. The largest absolute Gasteiger partial charge is 0.314 e. The summed E-state index contributed by atoms with van der Waals surface area (Å²) in [5, 5.41) is 3.25. The van der Waals surface area contributed by atoms with Gasteiger partial charge in [-0.1, -0.05) is 0 Å². The highest BCUT2D eigenvalue weighted by Gasteiger charge is 2.17. The molecule has 2 rings (SSSR count). The third-order valence-corrected chi connectivity index (χ3v) is 3.47. The summed E-state index contributed by atoms with van der Waals surface area (Å²) >= 11 is 0. The molecule has 0 aromatic heterocycles. The first-order valence-corrected chi connectivity index (χ1v) is 6.53. The summed E-state index contributed by atoms with van der Waals surface area (Å²) in [4.78, 5) is 15.9. The summed E-state index contributed by atoms with van der Waals surface area (Å²) in [6.45, 7) is 5.74. The lowest BCUT2D eigenvalue weighted by atomic mass is 10.2. The fourth-order valence-electron chi connectivity index (χ4n) is 2.15. The van der Waals surface area contributed by atoms with Crippen molar-refractivity contribution in [1.29, 1.82) is 0 Å². The number of anilines is 1. The van der Waals surface area contributed by atoms with Crippen LogP contribution in [0.25, 0.3) is 0 Å². The van der Waals surface area contributed by atoms with Crippen LogP contribution in [0, 0.1) is 12.7 Å². The van der Waals surface area contributed by atoms with Gasteiger partial charge in [-0.25, -0.2) is 4.39 Å². The van der Waals surface area contributed by atoms with Gasteiger partial charge in [-0.2, -0.15) is 0 Å². The molecule has 0 atom stereocenters. The van der Waals surface area contributed by atoms with Gasteiger partial charge in [0.25, 0.3) is 0 Å². The van der Waals surface area contributed by atoms with Crippen LogP contribution in [0.15, 0.2) is 18.2 Å². The van der Waals surface area contributed by atoms with Crippen LogP contribution < -0.4 is 10.2 Å². The van der Waals surface area contributed by atoms with Crippen LogP contribution in [-0.2, 0) is 4.79 Å². The number of halogens is 1. The molecule has 1 aliphatic heterocycles. The molecular formula is C14H20FN3O. The van der Waals surface area contributed by atoms with E-state index in [1.54, 1.807) is 31.0 Å². The number of amides is 1. The average Bonchev–Trinajstić information content (AvgIpc) is 2.42. The summed E-state index contributed by atoms with van der Waals surface area (Å²) in [5.41, 5.74) is 1.29. The van der Waals surface area contributed by atoms with E-state index < -0.39 is 0 Å². The number of carbonyl (C=O) groups is 1. The molecule has 1 aliphatic rings. The van der Waals surface area contributed by atoms with E-state index in [9.17, 15) is 9.18 Å². The summed E-state index contributed by atoms with van der Waals surface area (Å²) in [6, 6.07) is 4.74. The molecule has 1 amide bonds. The monoisotopic (exact) mass is 265 g/mol. The second-order valence-electron chi connectivity index (χ2n) is 4.91. The van der Waals surface area contributed by atoms with Crippen LogP contribution in [0.3, 0.4) is 0 Å². The van der Waals surface area contributed by atoms with Gasteiger partial charge in [0.1, 0.15) is 5.82 Å². The van der Waals surface area contributed by atoms with Crippen molar-refractivity contribution >= 4 is 11.6 Å². The van der Waals surface area contributed by atoms with Gasteiger partial charge in [-0.05, 0) is 30.7 Å². The number of benzene rings is 1. The quantitative estimate of drug-likeness (QED) is 0.885. The van der Waals surface area contributed by atoms with Gasteiger partial charge in [0, 0.05) is 38.9 Å². The molecule has 0 radical (unpaired) electrons. The Bertz CT molecular complexity index is 458. The van der Waals surface area contributed by atoms with Crippen molar-refractivity contribution in [3.05, 3.63) is 29.6 Å². The van der Waals surface area contributed by atoms with E-state index in [0.717, 1.165) is 31.9 Å². The van der Waals surface area contributed by atoms with Crippen molar-refractivity contribution in [2.75, 3.05) is 44.7 Å². The highest BCUT2D eigenvalue weighted by Crippen LogP contribution is 2.17. The third-order valence-electron chi connectivity index (χ3n) is 3.47. The summed E-state index contributed by atoms with van der Waals surface area (Å²) in [6.07, 6.45) is 0. The van der Waals surface area contributed by atoms with Gasteiger partial charge in [-0.3, -0.25) is 9.69 Å². The first kappa shape index (κ1) is 14.0. The topological polar surface area (TPSA) is 35.6 Å². The summed E-state index contributed by atoms with van der Waals surface area (Å²) in [7, 11) is 1.73. The Morgan fingerprint density at radius 2 is 2.11 bits per heavy atom. The SMILES string of the molecule is Cc1cc(N(C)C(=O)CN2CCNCC2)ccc1F.